The standard InChI is InChI=1S/C12H21F2NO3/c1-11(2,3)18-10(17)15-6-5-12(13,14)9(8-15)4-7-16/h9,16H,4-8H2,1-3H3/t9-/m1/s1. The smallest absolute Gasteiger partial charge is 0.410 e. The molecule has 0 aromatic carbocycles. The fourth-order valence-corrected chi connectivity index (χ4v) is 1.93. The van der Waals surface area contributed by atoms with E-state index in [2.05, 4.69) is 0 Å². The molecule has 0 unspecified atom stereocenters. The van der Waals surface area contributed by atoms with E-state index in [9.17, 15) is 13.6 Å². The Morgan fingerprint density at radius 3 is 2.61 bits per heavy atom. The van der Waals surface area contributed by atoms with Crippen LogP contribution in [0.25, 0.3) is 0 Å². The maximum absolute atomic E-state index is 13.5. The van der Waals surface area contributed by atoms with Gasteiger partial charge in [0, 0.05) is 32.0 Å². The van der Waals surface area contributed by atoms with Crippen LogP contribution in [0.2, 0.25) is 0 Å². The van der Waals surface area contributed by atoms with Gasteiger partial charge in [-0.25, -0.2) is 13.6 Å². The highest BCUT2D eigenvalue weighted by Gasteiger charge is 2.45. The van der Waals surface area contributed by atoms with Crippen molar-refractivity contribution in [3.63, 3.8) is 0 Å². The van der Waals surface area contributed by atoms with Gasteiger partial charge in [0.15, 0.2) is 0 Å². The maximum atomic E-state index is 13.5. The average Bonchev–Trinajstić information content (AvgIpc) is 2.18. The number of rotatable bonds is 2. The summed E-state index contributed by atoms with van der Waals surface area (Å²) in [5.74, 6) is -3.81. The molecule has 1 saturated heterocycles. The molecule has 0 aliphatic carbocycles. The number of likely N-dealkylation sites (tertiary alicyclic amines) is 1. The van der Waals surface area contributed by atoms with Gasteiger partial charge in [0.1, 0.15) is 5.60 Å². The van der Waals surface area contributed by atoms with Crippen LogP contribution in [0.3, 0.4) is 0 Å². The Morgan fingerprint density at radius 2 is 2.11 bits per heavy atom. The second-order valence-electron chi connectivity index (χ2n) is 5.65. The van der Waals surface area contributed by atoms with Crippen molar-refractivity contribution in [2.24, 2.45) is 5.92 Å². The molecule has 4 nitrogen and oxygen atoms in total. The third-order valence-corrected chi connectivity index (χ3v) is 2.88. The Labute approximate surface area is 106 Å². The van der Waals surface area contributed by atoms with E-state index >= 15 is 0 Å². The lowest BCUT2D eigenvalue weighted by Crippen LogP contribution is -2.50. The van der Waals surface area contributed by atoms with Crippen LogP contribution in [0.15, 0.2) is 0 Å². The van der Waals surface area contributed by atoms with Gasteiger partial charge in [0.2, 0.25) is 0 Å². The summed E-state index contributed by atoms with van der Waals surface area (Å²) < 4.78 is 32.2. The second kappa shape index (κ2) is 5.38. The molecule has 6 heteroatoms. The zero-order chi connectivity index (χ0) is 14.0. The number of carbonyl (C=O) groups excluding carboxylic acids is 1. The van der Waals surface area contributed by atoms with Gasteiger partial charge in [-0.05, 0) is 27.2 Å². The van der Waals surface area contributed by atoms with Crippen LogP contribution in [-0.4, -0.2) is 47.3 Å². The van der Waals surface area contributed by atoms with Gasteiger partial charge >= 0.3 is 6.09 Å². The second-order valence-corrected chi connectivity index (χ2v) is 5.65. The summed E-state index contributed by atoms with van der Waals surface area (Å²) >= 11 is 0. The van der Waals surface area contributed by atoms with E-state index in [1.807, 2.05) is 0 Å². The van der Waals surface area contributed by atoms with Gasteiger partial charge in [-0.1, -0.05) is 0 Å². The molecule has 1 heterocycles. The highest BCUT2D eigenvalue weighted by atomic mass is 19.3. The number of nitrogens with zero attached hydrogens (tertiary/aromatic N) is 1. The SMILES string of the molecule is CC(C)(C)OC(=O)N1CCC(F)(F)[C@H](CCO)C1. The predicted molar refractivity (Wildman–Crippen MR) is 62.6 cm³/mol. The lowest BCUT2D eigenvalue weighted by atomic mass is 9.91. The Bertz CT molecular complexity index is 302. The molecule has 18 heavy (non-hydrogen) atoms. The summed E-state index contributed by atoms with van der Waals surface area (Å²) in [6.45, 7) is 4.81. The largest absolute Gasteiger partial charge is 0.444 e. The zero-order valence-corrected chi connectivity index (χ0v) is 11.1. The van der Waals surface area contributed by atoms with Crippen molar-refractivity contribution in [2.45, 2.75) is 45.1 Å². The van der Waals surface area contributed by atoms with Gasteiger partial charge in [-0.3, -0.25) is 0 Å². The average molecular weight is 265 g/mol. The minimum absolute atomic E-state index is 0.00764. The molecule has 0 aromatic heterocycles. The molecule has 1 aliphatic rings. The summed E-state index contributed by atoms with van der Waals surface area (Å²) in [4.78, 5) is 13.1. The fourth-order valence-electron chi connectivity index (χ4n) is 1.93. The first-order chi connectivity index (χ1) is 8.15. The normalized spacial score (nSPS) is 23.9. The summed E-state index contributed by atoms with van der Waals surface area (Å²) in [5.41, 5.74) is -0.635. The van der Waals surface area contributed by atoms with Crippen LogP contribution >= 0.6 is 0 Å². The van der Waals surface area contributed by atoms with E-state index < -0.39 is 23.5 Å². The van der Waals surface area contributed by atoms with E-state index in [1.54, 1.807) is 20.8 Å². The van der Waals surface area contributed by atoms with Crippen molar-refractivity contribution in [3.05, 3.63) is 0 Å². The lowest BCUT2D eigenvalue weighted by molar-refractivity contribution is -0.110. The Morgan fingerprint density at radius 1 is 1.50 bits per heavy atom. The van der Waals surface area contributed by atoms with Crippen LogP contribution in [0.5, 0.6) is 0 Å². The Hall–Kier alpha value is -0.910. The zero-order valence-electron chi connectivity index (χ0n) is 11.1. The molecule has 1 atom stereocenters. The Balaban J connectivity index is 2.63. The van der Waals surface area contributed by atoms with Crippen molar-refractivity contribution < 1.29 is 23.4 Å². The van der Waals surface area contributed by atoms with Gasteiger partial charge in [-0.2, -0.15) is 0 Å². The summed E-state index contributed by atoms with van der Waals surface area (Å²) in [6, 6.07) is 0. The summed E-state index contributed by atoms with van der Waals surface area (Å²) in [7, 11) is 0. The first-order valence-corrected chi connectivity index (χ1v) is 6.12. The van der Waals surface area contributed by atoms with E-state index in [1.165, 1.54) is 4.90 Å². The predicted octanol–water partition coefficient (Wildman–Crippen LogP) is 2.26. The summed E-state index contributed by atoms with van der Waals surface area (Å²) in [5, 5.41) is 8.79. The molecular weight excluding hydrogens is 244 g/mol. The number of halogens is 2. The van der Waals surface area contributed by atoms with Crippen LogP contribution in [0.1, 0.15) is 33.6 Å². The molecule has 1 rings (SSSR count). The number of amides is 1. The van der Waals surface area contributed by atoms with Gasteiger partial charge in [0.05, 0.1) is 0 Å². The number of ether oxygens (including phenoxy) is 1. The molecule has 106 valence electrons. The third kappa shape index (κ3) is 4.08. The van der Waals surface area contributed by atoms with Gasteiger partial charge in [0.25, 0.3) is 5.92 Å². The molecule has 0 aromatic rings. The third-order valence-electron chi connectivity index (χ3n) is 2.88. The van der Waals surface area contributed by atoms with Crippen LogP contribution < -0.4 is 0 Å². The number of aliphatic hydroxyl groups excluding tert-OH is 1. The van der Waals surface area contributed by atoms with E-state index in [-0.39, 0.29) is 32.5 Å². The molecule has 0 radical (unpaired) electrons. The number of piperidine rings is 1. The van der Waals surface area contributed by atoms with Crippen LogP contribution in [0.4, 0.5) is 13.6 Å². The van der Waals surface area contributed by atoms with Crippen molar-refractivity contribution in [1.29, 1.82) is 0 Å². The summed E-state index contributed by atoms with van der Waals surface area (Å²) in [6.07, 6.45) is -0.954. The lowest BCUT2D eigenvalue weighted by Gasteiger charge is -2.38. The number of alkyl halides is 2. The fraction of sp³-hybridized carbons (Fsp3) is 0.917. The molecule has 1 N–H and O–H groups in total. The van der Waals surface area contributed by atoms with Crippen LogP contribution in [-0.2, 0) is 4.74 Å². The molecule has 1 aliphatic heterocycles. The van der Waals surface area contributed by atoms with Crippen molar-refractivity contribution in [2.75, 3.05) is 19.7 Å². The molecule has 0 spiro atoms. The minimum Gasteiger partial charge on any atom is -0.444 e. The van der Waals surface area contributed by atoms with Gasteiger partial charge < -0.3 is 14.7 Å². The van der Waals surface area contributed by atoms with Crippen molar-refractivity contribution >= 4 is 6.09 Å². The van der Waals surface area contributed by atoms with Crippen LogP contribution in [0, 0.1) is 5.92 Å². The van der Waals surface area contributed by atoms with E-state index in [0.29, 0.717) is 0 Å². The first kappa shape index (κ1) is 15.1. The number of carbonyl (C=O) groups is 1. The number of hydrogen-bond acceptors (Lipinski definition) is 3. The first-order valence-electron chi connectivity index (χ1n) is 6.12. The minimum atomic E-state index is -2.82. The monoisotopic (exact) mass is 265 g/mol. The van der Waals surface area contributed by atoms with Gasteiger partial charge in [-0.15, -0.1) is 0 Å². The molecular formula is C12H21F2NO3. The molecule has 1 fully saturated rings. The molecule has 0 saturated carbocycles. The molecule has 0 bridgehead atoms. The van der Waals surface area contributed by atoms with Crippen molar-refractivity contribution in [3.8, 4) is 0 Å². The van der Waals surface area contributed by atoms with E-state index in [4.69, 9.17) is 9.84 Å². The van der Waals surface area contributed by atoms with Crippen molar-refractivity contribution in [1.82, 2.24) is 4.90 Å². The van der Waals surface area contributed by atoms with E-state index in [0.717, 1.165) is 0 Å². The topological polar surface area (TPSA) is 49.8 Å². The molecule has 1 amide bonds. The quantitative estimate of drug-likeness (QED) is 0.833. The highest BCUT2D eigenvalue weighted by molar-refractivity contribution is 5.68. The maximum Gasteiger partial charge on any atom is 0.410 e. The Kier molecular flexibility index (Phi) is 4.53. The highest BCUT2D eigenvalue weighted by Crippen LogP contribution is 2.35. The number of hydrogen-bond donors (Lipinski definition) is 1. The number of aliphatic hydroxyl groups is 1.